The predicted molar refractivity (Wildman–Crippen MR) is 70.5 cm³/mol. The highest BCUT2D eigenvalue weighted by Gasteiger charge is 2.08. The fraction of sp³-hybridized carbons (Fsp3) is 0.429. The van der Waals surface area contributed by atoms with Crippen molar-refractivity contribution in [3.05, 3.63) is 47.5 Å². The van der Waals surface area contributed by atoms with E-state index in [0.717, 1.165) is 13.0 Å². The van der Waals surface area contributed by atoms with Crippen molar-refractivity contribution in [1.29, 1.82) is 0 Å². The molecule has 0 aliphatic rings. The summed E-state index contributed by atoms with van der Waals surface area (Å²) in [6.45, 7) is 9.50. The van der Waals surface area contributed by atoms with Crippen LogP contribution in [0.3, 0.4) is 0 Å². The summed E-state index contributed by atoms with van der Waals surface area (Å²) in [6.07, 6.45) is 2.89. The van der Waals surface area contributed by atoms with Crippen LogP contribution in [0.25, 0.3) is 0 Å². The highest BCUT2D eigenvalue weighted by Crippen LogP contribution is 2.16. The van der Waals surface area contributed by atoms with Crippen molar-refractivity contribution in [1.82, 2.24) is 5.32 Å². The Bertz CT molecular complexity index is 324. The summed E-state index contributed by atoms with van der Waals surface area (Å²) in [7, 11) is 0. The van der Waals surface area contributed by atoms with Crippen molar-refractivity contribution in [2.45, 2.75) is 26.3 Å². The van der Waals surface area contributed by atoms with Gasteiger partial charge in [-0.05, 0) is 32.4 Å². The first kappa shape index (κ1) is 12.9. The molecule has 0 saturated carbocycles. The van der Waals surface area contributed by atoms with Crippen molar-refractivity contribution in [3.8, 4) is 0 Å². The number of rotatable bonds is 6. The van der Waals surface area contributed by atoms with Gasteiger partial charge in [0.25, 0.3) is 0 Å². The summed E-state index contributed by atoms with van der Waals surface area (Å²) < 4.78 is 0. The Morgan fingerprint density at radius 2 is 1.94 bits per heavy atom. The number of aryl methyl sites for hydroxylation is 2. The van der Waals surface area contributed by atoms with Crippen molar-refractivity contribution < 1.29 is 0 Å². The Labute approximate surface area is 98.6 Å². The Hall–Kier alpha value is -1.12. The summed E-state index contributed by atoms with van der Waals surface area (Å²) in [6, 6.07) is 6.83. The lowest BCUT2D eigenvalue weighted by Gasteiger charge is -2.18. The minimum atomic E-state index is 0.249. The van der Waals surface area contributed by atoms with Crippen LogP contribution in [0.5, 0.6) is 0 Å². The molecule has 16 heavy (non-hydrogen) atoms. The molecule has 0 heterocycles. The minimum absolute atomic E-state index is 0.249. The van der Waals surface area contributed by atoms with E-state index >= 15 is 0 Å². The van der Waals surface area contributed by atoms with Gasteiger partial charge in [-0.1, -0.05) is 35.4 Å². The number of benzene rings is 1. The van der Waals surface area contributed by atoms with Gasteiger partial charge in [-0.25, -0.2) is 0 Å². The Morgan fingerprint density at radius 1 is 1.31 bits per heavy atom. The molecule has 0 aromatic heterocycles. The molecule has 1 rings (SSSR count). The third kappa shape index (κ3) is 3.80. The lowest BCUT2D eigenvalue weighted by Crippen LogP contribution is -2.28. The topological polar surface area (TPSA) is 38.0 Å². The molecule has 0 radical (unpaired) electrons. The quantitative estimate of drug-likeness (QED) is 0.568. The second-order valence-corrected chi connectivity index (χ2v) is 4.24. The van der Waals surface area contributed by atoms with Crippen molar-refractivity contribution in [3.63, 3.8) is 0 Å². The predicted octanol–water partition coefficient (Wildman–Crippen LogP) is 2.47. The molecule has 0 fully saturated rings. The zero-order valence-corrected chi connectivity index (χ0v) is 10.3. The molecule has 88 valence electrons. The van der Waals surface area contributed by atoms with Crippen LogP contribution >= 0.6 is 0 Å². The van der Waals surface area contributed by atoms with Gasteiger partial charge in [-0.15, -0.1) is 6.58 Å². The summed E-state index contributed by atoms with van der Waals surface area (Å²) in [5.74, 6) is 0. The molecule has 1 unspecified atom stereocenters. The van der Waals surface area contributed by atoms with E-state index in [2.05, 4.69) is 43.9 Å². The third-order valence-corrected chi connectivity index (χ3v) is 2.62. The van der Waals surface area contributed by atoms with E-state index in [-0.39, 0.29) is 6.04 Å². The highest BCUT2D eigenvalue weighted by molar-refractivity contribution is 5.30. The Kier molecular flexibility index (Phi) is 5.23. The highest BCUT2D eigenvalue weighted by atomic mass is 14.9. The number of nitrogens with one attached hydrogen (secondary N) is 1. The molecule has 1 aromatic rings. The van der Waals surface area contributed by atoms with Crippen molar-refractivity contribution in [2.75, 3.05) is 13.1 Å². The molecular weight excluding hydrogens is 196 g/mol. The molecule has 1 aromatic carbocycles. The summed E-state index contributed by atoms with van der Waals surface area (Å²) in [5.41, 5.74) is 9.66. The van der Waals surface area contributed by atoms with E-state index in [9.17, 15) is 0 Å². The number of hydrogen-bond acceptors (Lipinski definition) is 2. The van der Waals surface area contributed by atoms with Crippen LogP contribution in [-0.2, 0) is 0 Å². The average molecular weight is 218 g/mol. The van der Waals surface area contributed by atoms with Crippen LogP contribution in [0.4, 0.5) is 0 Å². The average Bonchev–Trinajstić information content (AvgIpc) is 2.23. The molecule has 2 heteroatoms. The molecule has 1 atom stereocenters. The minimum Gasteiger partial charge on any atom is -0.329 e. The van der Waals surface area contributed by atoms with Gasteiger partial charge in [0.05, 0.1) is 0 Å². The van der Waals surface area contributed by atoms with Gasteiger partial charge in [-0.3, -0.25) is 0 Å². The lowest BCUT2D eigenvalue weighted by molar-refractivity contribution is 0.548. The maximum Gasteiger partial charge on any atom is 0.0444 e. The standard InChI is InChI=1S/C14H22N2/c1-4-5-6-16-14(10-15)13-8-11(2)7-12(3)9-13/h4,7-9,14,16H,1,5-6,10,15H2,2-3H3. The van der Waals surface area contributed by atoms with Crippen LogP contribution in [0.2, 0.25) is 0 Å². The molecule has 0 spiro atoms. The van der Waals surface area contributed by atoms with Crippen molar-refractivity contribution in [2.24, 2.45) is 5.73 Å². The van der Waals surface area contributed by atoms with Gasteiger partial charge in [-0.2, -0.15) is 0 Å². The summed E-state index contributed by atoms with van der Waals surface area (Å²) >= 11 is 0. The van der Waals surface area contributed by atoms with Gasteiger partial charge in [0.15, 0.2) is 0 Å². The molecule has 2 nitrogen and oxygen atoms in total. The van der Waals surface area contributed by atoms with Crippen LogP contribution in [0.1, 0.15) is 29.2 Å². The first-order valence-corrected chi connectivity index (χ1v) is 5.80. The largest absolute Gasteiger partial charge is 0.329 e. The van der Waals surface area contributed by atoms with Crippen LogP contribution < -0.4 is 11.1 Å². The SMILES string of the molecule is C=CCCNC(CN)c1cc(C)cc(C)c1. The van der Waals surface area contributed by atoms with E-state index in [0.29, 0.717) is 6.54 Å². The van der Waals surface area contributed by atoms with Gasteiger partial charge in [0.1, 0.15) is 0 Å². The molecule has 0 aliphatic heterocycles. The fourth-order valence-corrected chi connectivity index (χ4v) is 1.91. The lowest BCUT2D eigenvalue weighted by atomic mass is 10.0. The van der Waals surface area contributed by atoms with Gasteiger partial charge >= 0.3 is 0 Å². The van der Waals surface area contributed by atoms with E-state index in [1.54, 1.807) is 0 Å². The summed E-state index contributed by atoms with van der Waals surface area (Å²) in [4.78, 5) is 0. The summed E-state index contributed by atoms with van der Waals surface area (Å²) in [5, 5.41) is 3.44. The molecule has 0 bridgehead atoms. The van der Waals surface area contributed by atoms with E-state index in [1.807, 2.05) is 6.08 Å². The maximum absolute atomic E-state index is 5.80. The first-order chi connectivity index (χ1) is 7.67. The maximum atomic E-state index is 5.80. The molecule has 0 amide bonds. The Morgan fingerprint density at radius 3 is 2.44 bits per heavy atom. The third-order valence-electron chi connectivity index (χ3n) is 2.62. The van der Waals surface area contributed by atoms with Crippen LogP contribution in [0, 0.1) is 13.8 Å². The molecular formula is C14H22N2. The molecule has 0 aliphatic carbocycles. The zero-order chi connectivity index (χ0) is 12.0. The number of hydrogen-bond donors (Lipinski definition) is 2. The second kappa shape index (κ2) is 6.46. The van der Waals surface area contributed by atoms with Gasteiger partial charge in [0, 0.05) is 12.6 Å². The fourth-order valence-electron chi connectivity index (χ4n) is 1.91. The zero-order valence-electron chi connectivity index (χ0n) is 10.3. The van der Waals surface area contributed by atoms with Crippen molar-refractivity contribution >= 4 is 0 Å². The normalized spacial score (nSPS) is 12.4. The second-order valence-electron chi connectivity index (χ2n) is 4.24. The van der Waals surface area contributed by atoms with Crippen LogP contribution in [-0.4, -0.2) is 13.1 Å². The monoisotopic (exact) mass is 218 g/mol. The Balaban J connectivity index is 2.73. The number of nitrogens with two attached hydrogens (primary N) is 1. The first-order valence-electron chi connectivity index (χ1n) is 5.80. The van der Waals surface area contributed by atoms with E-state index in [1.165, 1.54) is 16.7 Å². The molecule has 0 saturated heterocycles. The van der Waals surface area contributed by atoms with E-state index < -0.39 is 0 Å². The van der Waals surface area contributed by atoms with Gasteiger partial charge in [0.2, 0.25) is 0 Å². The van der Waals surface area contributed by atoms with Crippen LogP contribution in [0.15, 0.2) is 30.9 Å². The smallest absolute Gasteiger partial charge is 0.0444 e. The van der Waals surface area contributed by atoms with Gasteiger partial charge < -0.3 is 11.1 Å². The molecule has 3 N–H and O–H groups in total. The van der Waals surface area contributed by atoms with E-state index in [4.69, 9.17) is 5.73 Å².